The van der Waals surface area contributed by atoms with Crippen molar-refractivity contribution in [3.05, 3.63) is 34.9 Å². The zero-order chi connectivity index (χ0) is 11.5. The predicted molar refractivity (Wildman–Crippen MR) is 66.5 cm³/mol. The molecule has 0 amide bonds. The van der Waals surface area contributed by atoms with Gasteiger partial charge in [0.25, 0.3) is 0 Å². The number of hydrogen-bond acceptors (Lipinski definition) is 2. The van der Waals surface area contributed by atoms with Crippen LogP contribution in [0.25, 0.3) is 0 Å². The summed E-state index contributed by atoms with van der Waals surface area (Å²) in [7, 11) is 0. The van der Waals surface area contributed by atoms with E-state index in [2.05, 4.69) is 17.9 Å². The first-order chi connectivity index (χ1) is 7.70. The summed E-state index contributed by atoms with van der Waals surface area (Å²) in [5.41, 5.74) is 1.22. The smallest absolute Gasteiger partial charge is 0.0589 e. The summed E-state index contributed by atoms with van der Waals surface area (Å²) >= 11 is 5.96. The van der Waals surface area contributed by atoms with Crippen molar-refractivity contribution in [3.63, 3.8) is 0 Å². The zero-order valence-electron chi connectivity index (χ0n) is 9.56. The van der Waals surface area contributed by atoms with Gasteiger partial charge in [-0.1, -0.05) is 30.7 Å². The average molecular weight is 240 g/mol. The molecule has 1 aromatic carbocycles. The summed E-state index contributed by atoms with van der Waals surface area (Å²) in [5, 5.41) is 10.2. The van der Waals surface area contributed by atoms with Crippen molar-refractivity contribution >= 4 is 11.6 Å². The van der Waals surface area contributed by atoms with Gasteiger partial charge < -0.3 is 5.11 Å². The van der Waals surface area contributed by atoms with Crippen LogP contribution in [0, 0.1) is 5.92 Å². The molecule has 88 valence electrons. The van der Waals surface area contributed by atoms with Crippen LogP contribution in [0.4, 0.5) is 0 Å². The van der Waals surface area contributed by atoms with Gasteiger partial charge in [-0.05, 0) is 36.6 Å². The zero-order valence-corrected chi connectivity index (χ0v) is 10.3. The van der Waals surface area contributed by atoms with Crippen molar-refractivity contribution in [2.24, 2.45) is 5.92 Å². The minimum absolute atomic E-state index is 0.252. The number of halogens is 1. The topological polar surface area (TPSA) is 23.5 Å². The largest absolute Gasteiger partial charge is 0.395 e. The van der Waals surface area contributed by atoms with Crippen molar-refractivity contribution in [1.82, 2.24) is 4.90 Å². The second kappa shape index (κ2) is 5.17. The Labute approximate surface area is 102 Å². The van der Waals surface area contributed by atoms with Gasteiger partial charge in [0.15, 0.2) is 0 Å². The Morgan fingerprint density at radius 3 is 3.00 bits per heavy atom. The first-order valence-electron chi connectivity index (χ1n) is 5.80. The first kappa shape index (κ1) is 11.9. The summed E-state index contributed by atoms with van der Waals surface area (Å²) in [6.45, 7) is 4.41. The van der Waals surface area contributed by atoms with Crippen molar-refractivity contribution < 1.29 is 5.11 Å². The molecule has 1 fully saturated rings. The van der Waals surface area contributed by atoms with Crippen LogP contribution in [0.15, 0.2) is 24.3 Å². The van der Waals surface area contributed by atoms with Gasteiger partial charge in [0.1, 0.15) is 0 Å². The summed E-state index contributed by atoms with van der Waals surface area (Å²) in [5.74, 6) is 0.587. The van der Waals surface area contributed by atoms with Crippen molar-refractivity contribution in [2.45, 2.75) is 25.9 Å². The third kappa shape index (κ3) is 2.57. The summed E-state index contributed by atoms with van der Waals surface area (Å²) < 4.78 is 0. The predicted octanol–water partition coefficient (Wildman–Crippen LogP) is 2.54. The van der Waals surface area contributed by atoms with Crippen LogP contribution in [-0.2, 0) is 6.54 Å². The highest BCUT2D eigenvalue weighted by Crippen LogP contribution is 2.25. The van der Waals surface area contributed by atoms with Crippen LogP contribution in [-0.4, -0.2) is 29.2 Å². The van der Waals surface area contributed by atoms with Crippen molar-refractivity contribution in [3.8, 4) is 0 Å². The summed E-state index contributed by atoms with van der Waals surface area (Å²) in [6, 6.07) is 8.26. The highest BCUT2D eigenvalue weighted by Gasteiger charge is 2.30. The Morgan fingerprint density at radius 2 is 2.31 bits per heavy atom. The molecule has 1 aliphatic heterocycles. The highest BCUT2D eigenvalue weighted by molar-refractivity contribution is 6.30. The number of aliphatic hydroxyl groups is 1. The molecule has 2 nitrogen and oxygen atoms in total. The molecular weight excluding hydrogens is 222 g/mol. The van der Waals surface area contributed by atoms with Crippen LogP contribution in [0.2, 0.25) is 5.02 Å². The van der Waals surface area contributed by atoms with Gasteiger partial charge in [-0.25, -0.2) is 0 Å². The van der Waals surface area contributed by atoms with Gasteiger partial charge in [-0.15, -0.1) is 0 Å². The second-order valence-electron chi connectivity index (χ2n) is 4.62. The lowest BCUT2D eigenvalue weighted by molar-refractivity contribution is 0.134. The second-order valence-corrected chi connectivity index (χ2v) is 5.05. The van der Waals surface area contributed by atoms with E-state index in [0.717, 1.165) is 18.1 Å². The molecule has 1 N–H and O–H groups in total. The van der Waals surface area contributed by atoms with E-state index in [1.54, 1.807) is 0 Å². The van der Waals surface area contributed by atoms with Crippen molar-refractivity contribution in [1.29, 1.82) is 0 Å². The van der Waals surface area contributed by atoms with Crippen LogP contribution < -0.4 is 0 Å². The molecule has 0 radical (unpaired) electrons. The summed E-state index contributed by atoms with van der Waals surface area (Å²) in [4.78, 5) is 2.34. The Hall–Kier alpha value is -0.570. The van der Waals surface area contributed by atoms with Crippen LogP contribution in [0.1, 0.15) is 18.9 Å². The van der Waals surface area contributed by atoms with E-state index in [-0.39, 0.29) is 6.61 Å². The lowest BCUT2D eigenvalue weighted by Gasteiger charge is -2.25. The molecule has 1 aromatic rings. The van der Waals surface area contributed by atoms with E-state index in [4.69, 9.17) is 11.6 Å². The van der Waals surface area contributed by atoms with Crippen LogP contribution >= 0.6 is 11.6 Å². The molecule has 0 spiro atoms. The maximum Gasteiger partial charge on any atom is 0.0589 e. The first-order valence-corrected chi connectivity index (χ1v) is 6.18. The van der Waals surface area contributed by atoms with Crippen molar-refractivity contribution in [2.75, 3.05) is 13.2 Å². The maximum absolute atomic E-state index is 9.37. The molecule has 2 atom stereocenters. The standard InChI is InChI=1S/C13H18ClNO/c1-10-5-6-15(13(10)9-16)8-11-3-2-4-12(14)7-11/h2-4,7,10,13,16H,5-6,8-9H2,1H3. The minimum Gasteiger partial charge on any atom is -0.395 e. The van der Waals surface area contributed by atoms with Gasteiger partial charge in [0.05, 0.1) is 6.61 Å². The average Bonchev–Trinajstić information content (AvgIpc) is 2.59. The lowest BCUT2D eigenvalue weighted by Crippen LogP contribution is -2.34. The maximum atomic E-state index is 9.37. The number of rotatable bonds is 3. The summed E-state index contributed by atoms with van der Waals surface area (Å²) in [6.07, 6.45) is 1.17. The molecule has 3 heteroatoms. The number of aliphatic hydroxyl groups excluding tert-OH is 1. The molecule has 1 saturated heterocycles. The van der Waals surface area contributed by atoms with Gasteiger partial charge >= 0.3 is 0 Å². The van der Waals surface area contributed by atoms with E-state index in [1.165, 1.54) is 12.0 Å². The van der Waals surface area contributed by atoms with Gasteiger partial charge in [0, 0.05) is 17.6 Å². The SMILES string of the molecule is CC1CCN(Cc2cccc(Cl)c2)C1CO. The lowest BCUT2D eigenvalue weighted by atomic mass is 10.0. The Bertz CT molecular complexity index is 356. The molecule has 2 unspecified atom stereocenters. The molecule has 1 heterocycles. The normalized spacial score (nSPS) is 26.2. The number of benzene rings is 1. The third-order valence-corrected chi connectivity index (χ3v) is 3.69. The molecule has 0 aromatic heterocycles. The Morgan fingerprint density at radius 1 is 1.50 bits per heavy atom. The molecular formula is C13H18ClNO. The molecule has 0 bridgehead atoms. The van der Waals surface area contributed by atoms with Gasteiger partial charge in [0.2, 0.25) is 0 Å². The van der Waals surface area contributed by atoms with Gasteiger partial charge in [-0.3, -0.25) is 4.90 Å². The molecule has 0 saturated carbocycles. The molecule has 0 aliphatic carbocycles. The van der Waals surface area contributed by atoms with E-state index in [1.807, 2.05) is 18.2 Å². The fourth-order valence-corrected chi connectivity index (χ4v) is 2.66. The Kier molecular flexibility index (Phi) is 3.85. The minimum atomic E-state index is 0.252. The monoisotopic (exact) mass is 239 g/mol. The molecule has 16 heavy (non-hydrogen) atoms. The number of likely N-dealkylation sites (tertiary alicyclic amines) is 1. The third-order valence-electron chi connectivity index (χ3n) is 3.46. The van der Waals surface area contributed by atoms with E-state index < -0.39 is 0 Å². The highest BCUT2D eigenvalue weighted by atomic mass is 35.5. The molecule has 1 aliphatic rings. The number of nitrogens with zero attached hydrogens (tertiary/aromatic N) is 1. The van der Waals surface area contributed by atoms with E-state index >= 15 is 0 Å². The van der Waals surface area contributed by atoms with E-state index in [0.29, 0.717) is 12.0 Å². The fourth-order valence-electron chi connectivity index (χ4n) is 2.45. The van der Waals surface area contributed by atoms with Gasteiger partial charge in [-0.2, -0.15) is 0 Å². The Balaban J connectivity index is 2.04. The van der Waals surface area contributed by atoms with Crippen LogP contribution in [0.3, 0.4) is 0 Å². The van der Waals surface area contributed by atoms with E-state index in [9.17, 15) is 5.11 Å². The van der Waals surface area contributed by atoms with Crippen LogP contribution in [0.5, 0.6) is 0 Å². The quantitative estimate of drug-likeness (QED) is 0.877. The fraction of sp³-hybridized carbons (Fsp3) is 0.538. The number of hydrogen-bond donors (Lipinski definition) is 1. The molecule has 2 rings (SSSR count).